The Labute approximate surface area is 422 Å². The lowest BCUT2D eigenvalue weighted by Crippen LogP contribution is -2.12. The number of anilines is 6. The molecule has 0 N–H and O–H groups in total. The second kappa shape index (κ2) is 17.9. The summed E-state index contributed by atoms with van der Waals surface area (Å²) >= 11 is 0. The molecule has 2 heteroatoms. The number of benzene rings is 12. The first-order chi connectivity index (χ1) is 35.6. The van der Waals surface area contributed by atoms with Crippen molar-refractivity contribution in [2.75, 3.05) is 9.80 Å². The van der Waals surface area contributed by atoms with Gasteiger partial charge in [0.25, 0.3) is 0 Å². The summed E-state index contributed by atoms with van der Waals surface area (Å²) in [6, 6.07) is 98.1. The van der Waals surface area contributed by atoms with Crippen molar-refractivity contribution in [2.45, 2.75) is 13.8 Å². The predicted octanol–water partition coefficient (Wildman–Crippen LogP) is 19.9. The SMILES string of the molecule is Cc1ccc(N(c2ccccc2)c2ccc3c(-c4ccccc4)c4c(c(-c5ccccc5)c3c2)-c2c-4c(-c3ccccc3)c3ccc(N(c4ccccc4)c4ccc(C)cc4)cc3c2-c2ccccc2)cc1. The molecule has 0 heterocycles. The summed E-state index contributed by atoms with van der Waals surface area (Å²) in [6.45, 7) is 4.30. The molecular formula is C70H50N2. The van der Waals surface area contributed by atoms with Crippen LogP contribution in [0.3, 0.4) is 0 Å². The van der Waals surface area contributed by atoms with Gasteiger partial charge in [-0.15, -0.1) is 0 Å². The Hall–Kier alpha value is -9.24. The van der Waals surface area contributed by atoms with Crippen LogP contribution in [0, 0.1) is 13.8 Å². The molecule has 340 valence electrons. The number of para-hydroxylation sites is 2. The summed E-state index contributed by atoms with van der Waals surface area (Å²) in [5.41, 5.74) is 24.0. The number of hydrogen-bond acceptors (Lipinski definition) is 2. The Balaban J connectivity index is 1.19. The molecule has 0 aromatic heterocycles. The summed E-state index contributed by atoms with van der Waals surface area (Å²) in [5.74, 6) is 0. The maximum Gasteiger partial charge on any atom is 0.0468 e. The number of rotatable bonds is 10. The van der Waals surface area contributed by atoms with Crippen LogP contribution >= 0.6 is 0 Å². The smallest absolute Gasteiger partial charge is 0.0468 e. The highest BCUT2D eigenvalue weighted by molar-refractivity contribution is 6.33. The van der Waals surface area contributed by atoms with Gasteiger partial charge in [-0.3, -0.25) is 0 Å². The van der Waals surface area contributed by atoms with Crippen LogP contribution in [-0.2, 0) is 0 Å². The maximum absolute atomic E-state index is 2.45. The van der Waals surface area contributed by atoms with Gasteiger partial charge in [0, 0.05) is 34.1 Å². The van der Waals surface area contributed by atoms with E-state index in [9.17, 15) is 0 Å². The Morgan fingerprint density at radius 2 is 0.431 bits per heavy atom. The summed E-state index contributed by atoms with van der Waals surface area (Å²) in [7, 11) is 0. The first-order valence-electron chi connectivity index (χ1n) is 24.9. The second-order valence-electron chi connectivity index (χ2n) is 18.9. The van der Waals surface area contributed by atoms with Crippen LogP contribution in [0.5, 0.6) is 0 Å². The van der Waals surface area contributed by atoms with E-state index in [2.05, 4.69) is 291 Å². The van der Waals surface area contributed by atoms with E-state index in [-0.39, 0.29) is 0 Å². The Morgan fingerprint density at radius 3 is 0.722 bits per heavy atom. The van der Waals surface area contributed by atoms with Crippen molar-refractivity contribution in [1.29, 1.82) is 0 Å². The first kappa shape index (κ1) is 42.8. The minimum atomic E-state index is 1.10. The molecule has 12 aromatic carbocycles. The Kier molecular flexibility index (Phi) is 10.7. The third kappa shape index (κ3) is 7.27. The van der Waals surface area contributed by atoms with Crippen LogP contribution in [0.15, 0.2) is 267 Å². The predicted molar refractivity (Wildman–Crippen MR) is 306 cm³/mol. The molecule has 0 atom stereocenters. The molecule has 2 nitrogen and oxygen atoms in total. The molecule has 0 fully saturated rings. The van der Waals surface area contributed by atoms with Gasteiger partial charge in [-0.1, -0.05) is 205 Å². The molecule has 0 bridgehead atoms. The van der Waals surface area contributed by atoms with Gasteiger partial charge in [-0.2, -0.15) is 0 Å². The van der Waals surface area contributed by atoms with Crippen LogP contribution in [0.2, 0.25) is 0 Å². The van der Waals surface area contributed by atoms with Crippen molar-refractivity contribution in [1.82, 2.24) is 0 Å². The van der Waals surface area contributed by atoms with Crippen molar-refractivity contribution >= 4 is 55.7 Å². The first-order valence-corrected chi connectivity index (χ1v) is 24.9. The fourth-order valence-electron chi connectivity index (χ4n) is 11.2. The molecule has 72 heavy (non-hydrogen) atoms. The number of hydrogen-bond donors (Lipinski definition) is 0. The number of aryl methyl sites for hydroxylation is 2. The van der Waals surface area contributed by atoms with Gasteiger partial charge in [0.2, 0.25) is 0 Å². The quantitative estimate of drug-likeness (QED) is 0.135. The molecule has 0 radical (unpaired) electrons. The molecule has 0 saturated carbocycles. The third-order valence-electron chi connectivity index (χ3n) is 14.5. The minimum absolute atomic E-state index is 1.10. The maximum atomic E-state index is 2.45. The van der Waals surface area contributed by atoms with Gasteiger partial charge in [-0.05, 0) is 175 Å². The number of fused-ring (bicyclic) bond motifs is 6. The van der Waals surface area contributed by atoms with Crippen LogP contribution in [0.25, 0.3) is 88.3 Å². The van der Waals surface area contributed by atoms with E-state index >= 15 is 0 Å². The van der Waals surface area contributed by atoms with Gasteiger partial charge in [0.1, 0.15) is 0 Å². The highest BCUT2D eigenvalue weighted by atomic mass is 15.1. The van der Waals surface area contributed by atoms with E-state index in [0.29, 0.717) is 0 Å². The van der Waals surface area contributed by atoms with E-state index in [4.69, 9.17) is 0 Å². The summed E-state index contributed by atoms with van der Waals surface area (Å²) < 4.78 is 0. The van der Waals surface area contributed by atoms with Gasteiger partial charge in [0.05, 0.1) is 0 Å². The molecule has 0 amide bonds. The van der Waals surface area contributed by atoms with E-state index < -0.39 is 0 Å². The average molecular weight is 919 g/mol. The van der Waals surface area contributed by atoms with Crippen LogP contribution in [0.1, 0.15) is 11.1 Å². The lowest BCUT2D eigenvalue weighted by atomic mass is 9.65. The zero-order chi connectivity index (χ0) is 48.1. The van der Waals surface area contributed by atoms with Gasteiger partial charge >= 0.3 is 0 Å². The monoisotopic (exact) mass is 918 g/mol. The zero-order valence-electron chi connectivity index (χ0n) is 40.3. The molecule has 0 saturated heterocycles. The van der Waals surface area contributed by atoms with Crippen molar-refractivity contribution in [3.8, 4) is 66.8 Å². The third-order valence-corrected chi connectivity index (χ3v) is 14.5. The molecule has 0 aliphatic heterocycles. The normalized spacial score (nSPS) is 11.5. The highest BCUT2D eigenvalue weighted by Gasteiger charge is 2.39. The topological polar surface area (TPSA) is 6.48 Å². The highest BCUT2D eigenvalue weighted by Crippen LogP contribution is 2.66. The van der Waals surface area contributed by atoms with Gasteiger partial charge < -0.3 is 9.80 Å². The number of nitrogens with zero attached hydrogens (tertiary/aromatic N) is 2. The van der Waals surface area contributed by atoms with Gasteiger partial charge in [-0.25, -0.2) is 0 Å². The lowest BCUT2D eigenvalue weighted by Gasteiger charge is -2.38. The van der Waals surface area contributed by atoms with E-state index in [1.807, 2.05) is 0 Å². The fraction of sp³-hybridized carbons (Fsp3) is 0.0286. The van der Waals surface area contributed by atoms with E-state index in [1.54, 1.807) is 0 Å². The summed E-state index contributed by atoms with van der Waals surface area (Å²) in [4.78, 5) is 4.79. The van der Waals surface area contributed by atoms with Crippen LogP contribution < -0.4 is 9.80 Å². The molecular weight excluding hydrogens is 869 g/mol. The molecule has 12 aromatic rings. The fourth-order valence-corrected chi connectivity index (χ4v) is 11.2. The molecule has 1 aliphatic carbocycles. The lowest BCUT2D eigenvalue weighted by molar-refractivity contribution is 1.28. The van der Waals surface area contributed by atoms with Crippen molar-refractivity contribution in [2.24, 2.45) is 0 Å². The largest absolute Gasteiger partial charge is 0.310 e. The Bertz CT molecular complexity index is 3670. The van der Waals surface area contributed by atoms with Crippen LogP contribution in [-0.4, -0.2) is 0 Å². The van der Waals surface area contributed by atoms with Crippen molar-refractivity contribution in [3.05, 3.63) is 278 Å². The molecule has 0 unspecified atom stereocenters. The Morgan fingerprint density at radius 1 is 0.194 bits per heavy atom. The van der Waals surface area contributed by atoms with E-state index in [1.165, 1.54) is 99.4 Å². The average Bonchev–Trinajstić information content (AvgIpc) is 3.44. The van der Waals surface area contributed by atoms with Crippen molar-refractivity contribution in [3.63, 3.8) is 0 Å². The summed E-state index contributed by atoms with van der Waals surface area (Å²) in [5, 5.41) is 4.85. The second-order valence-corrected chi connectivity index (χ2v) is 18.9. The molecule has 1 aliphatic rings. The zero-order valence-corrected chi connectivity index (χ0v) is 40.3. The van der Waals surface area contributed by atoms with Crippen LogP contribution in [0.4, 0.5) is 34.1 Å². The minimum Gasteiger partial charge on any atom is -0.310 e. The van der Waals surface area contributed by atoms with Crippen molar-refractivity contribution < 1.29 is 0 Å². The molecule has 13 rings (SSSR count). The molecule has 0 spiro atoms. The summed E-state index contributed by atoms with van der Waals surface area (Å²) in [6.07, 6.45) is 0. The standard InChI is InChI=1S/C70H50N2/c1-47-33-37-55(38-34-47)71(53-29-17-7-18-30-53)57-41-43-59-61(45-57)65(51-25-13-5-14-26-51)69-67(63(59)49-21-9-3-10-22-49)68-64(50-23-11-4-12-24-50)60-44-42-58(46-62(60)66(70(68)69)52-27-15-6-16-28-52)72(54-31-19-8-20-32-54)56-39-35-48(2)36-40-56/h3-46H,1-2H3. The van der Waals surface area contributed by atoms with Gasteiger partial charge in [0.15, 0.2) is 0 Å². The van der Waals surface area contributed by atoms with E-state index in [0.717, 1.165) is 34.1 Å².